The number of methoxy groups -OCH3 is 1. The van der Waals surface area contributed by atoms with E-state index in [1.54, 1.807) is 14.0 Å². The average Bonchev–Trinajstić information content (AvgIpc) is 3.12. The Morgan fingerprint density at radius 1 is 1.37 bits per heavy atom. The van der Waals surface area contributed by atoms with Crippen LogP contribution in [0.15, 0.2) is 23.4 Å². The number of aryl methyl sites for hydroxylation is 1. The number of tetrazole rings is 1. The molecule has 0 saturated heterocycles. The van der Waals surface area contributed by atoms with Crippen LogP contribution in [0, 0.1) is 6.92 Å². The van der Waals surface area contributed by atoms with E-state index in [4.69, 9.17) is 4.74 Å². The summed E-state index contributed by atoms with van der Waals surface area (Å²) in [6.07, 6.45) is 0.841. The smallest absolute Gasteiger partial charge is 0.242 e. The molecule has 1 heterocycles. The van der Waals surface area contributed by atoms with Crippen molar-refractivity contribution in [2.24, 2.45) is 0 Å². The normalized spacial score (nSPS) is 11.7. The monoisotopic (exact) mass is 392 g/mol. The third kappa shape index (κ3) is 5.68. The summed E-state index contributed by atoms with van der Waals surface area (Å²) in [4.78, 5) is 24.0. The predicted octanol–water partition coefficient (Wildman–Crippen LogP) is 1.10. The summed E-state index contributed by atoms with van der Waals surface area (Å²) in [6, 6.07) is 5.07. The molecule has 0 saturated carbocycles. The van der Waals surface area contributed by atoms with Crippen molar-refractivity contribution in [3.8, 4) is 11.4 Å². The maximum atomic E-state index is 12.1. The van der Waals surface area contributed by atoms with Crippen molar-refractivity contribution in [3.05, 3.63) is 23.8 Å². The van der Waals surface area contributed by atoms with Gasteiger partial charge in [-0.2, -0.15) is 4.68 Å². The van der Waals surface area contributed by atoms with E-state index in [9.17, 15) is 9.59 Å². The van der Waals surface area contributed by atoms with Crippen LogP contribution in [0.4, 0.5) is 0 Å². The number of carbonyl (C=O) groups excluding carboxylic acids is 2. The average molecular weight is 392 g/mol. The standard InChI is InChI=1S/C17H24N6O3S/c1-5-8-18-16(25)12(3)19-15(24)10-27-17-20-21-22-23(17)13-9-11(2)6-7-14(13)26-4/h6-7,9,12H,5,8,10H2,1-4H3,(H,18,25)(H,19,24)/t12-/m1/s1. The molecule has 2 aromatic rings. The van der Waals surface area contributed by atoms with Gasteiger partial charge in [-0.3, -0.25) is 9.59 Å². The van der Waals surface area contributed by atoms with Gasteiger partial charge in [0, 0.05) is 6.54 Å². The van der Waals surface area contributed by atoms with Crippen LogP contribution in [-0.4, -0.2) is 57.5 Å². The molecule has 10 heteroatoms. The zero-order valence-corrected chi connectivity index (χ0v) is 16.7. The maximum Gasteiger partial charge on any atom is 0.242 e. The van der Waals surface area contributed by atoms with Gasteiger partial charge in [-0.05, 0) is 48.4 Å². The van der Waals surface area contributed by atoms with E-state index in [1.165, 1.54) is 16.4 Å². The Morgan fingerprint density at radius 3 is 2.85 bits per heavy atom. The van der Waals surface area contributed by atoms with E-state index in [1.807, 2.05) is 32.0 Å². The third-order valence-electron chi connectivity index (χ3n) is 3.66. The van der Waals surface area contributed by atoms with E-state index in [2.05, 4.69) is 26.2 Å². The van der Waals surface area contributed by atoms with Crippen molar-refractivity contribution in [2.75, 3.05) is 19.4 Å². The molecule has 2 N–H and O–H groups in total. The van der Waals surface area contributed by atoms with Crippen LogP contribution < -0.4 is 15.4 Å². The fourth-order valence-corrected chi connectivity index (χ4v) is 2.96. The second kappa shape index (κ2) is 9.91. The zero-order valence-electron chi connectivity index (χ0n) is 15.9. The number of benzene rings is 1. The summed E-state index contributed by atoms with van der Waals surface area (Å²) in [6.45, 7) is 6.15. The summed E-state index contributed by atoms with van der Waals surface area (Å²) in [7, 11) is 1.57. The number of ether oxygens (including phenoxy) is 1. The Balaban J connectivity index is 2.00. The lowest BCUT2D eigenvalue weighted by Gasteiger charge is -2.13. The number of aromatic nitrogens is 4. The summed E-state index contributed by atoms with van der Waals surface area (Å²) >= 11 is 1.18. The molecule has 0 fully saturated rings. The molecule has 2 amide bonds. The molecule has 0 spiro atoms. The molecule has 1 aromatic carbocycles. The van der Waals surface area contributed by atoms with Gasteiger partial charge < -0.3 is 15.4 Å². The number of thioether (sulfide) groups is 1. The molecule has 0 aliphatic heterocycles. The van der Waals surface area contributed by atoms with Crippen LogP contribution in [-0.2, 0) is 9.59 Å². The van der Waals surface area contributed by atoms with Gasteiger partial charge in [0.25, 0.3) is 0 Å². The van der Waals surface area contributed by atoms with Crippen molar-refractivity contribution in [3.63, 3.8) is 0 Å². The van der Waals surface area contributed by atoms with Crippen LogP contribution >= 0.6 is 11.8 Å². The molecular weight excluding hydrogens is 368 g/mol. The van der Waals surface area contributed by atoms with E-state index in [-0.39, 0.29) is 17.6 Å². The van der Waals surface area contributed by atoms with Crippen LogP contribution in [0.1, 0.15) is 25.8 Å². The minimum Gasteiger partial charge on any atom is -0.494 e. The fraction of sp³-hybridized carbons (Fsp3) is 0.471. The largest absolute Gasteiger partial charge is 0.494 e. The molecule has 2 rings (SSSR count). The van der Waals surface area contributed by atoms with E-state index < -0.39 is 6.04 Å². The number of hydrogen-bond donors (Lipinski definition) is 2. The van der Waals surface area contributed by atoms with Gasteiger partial charge in [0.1, 0.15) is 17.5 Å². The number of rotatable bonds is 9. The first kappa shape index (κ1) is 20.7. The number of hydrogen-bond acceptors (Lipinski definition) is 7. The maximum absolute atomic E-state index is 12.1. The lowest BCUT2D eigenvalue weighted by atomic mass is 10.2. The van der Waals surface area contributed by atoms with E-state index in [0.717, 1.165) is 12.0 Å². The van der Waals surface area contributed by atoms with Crippen LogP contribution in [0.5, 0.6) is 5.75 Å². The molecule has 0 radical (unpaired) electrons. The van der Waals surface area contributed by atoms with Gasteiger partial charge in [0.15, 0.2) is 0 Å². The lowest BCUT2D eigenvalue weighted by Crippen LogP contribution is -2.45. The highest BCUT2D eigenvalue weighted by Gasteiger charge is 2.18. The first-order valence-corrected chi connectivity index (χ1v) is 9.58. The molecule has 0 aliphatic rings. The van der Waals surface area contributed by atoms with Crippen LogP contribution in [0.2, 0.25) is 0 Å². The summed E-state index contributed by atoms with van der Waals surface area (Å²) < 4.78 is 6.90. The molecule has 27 heavy (non-hydrogen) atoms. The number of nitrogens with zero attached hydrogens (tertiary/aromatic N) is 4. The lowest BCUT2D eigenvalue weighted by molar-refractivity contribution is -0.127. The van der Waals surface area contributed by atoms with Gasteiger partial charge >= 0.3 is 0 Å². The van der Waals surface area contributed by atoms with Crippen molar-refractivity contribution < 1.29 is 14.3 Å². The zero-order chi connectivity index (χ0) is 19.8. The topological polar surface area (TPSA) is 111 Å². The van der Waals surface area contributed by atoms with Crippen molar-refractivity contribution in [1.29, 1.82) is 0 Å². The van der Waals surface area contributed by atoms with Gasteiger partial charge in [-0.25, -0.2) is 0 Å². The molecule has 146 valence electrons. The minimum atomic E-state index is -0.600. The highest BCUT2D eigenvalue weighted by molar-refractivity contribution is 7.99. The number of carbonyl (C=O) groups is 2. The SMILES string of the molecule is CCCNC(=O)[C@@H](C)NC(=O)CSc1nnnn1-c1cc(C)ccc1OC. The summed E-state index contributed by atoms with van der Waals surface area (Å²) in [5.74, 6) is 0.231. The Hall–Kier alpha value is -2.62. The summed E-state index contributed by atoms with van der Waals surface area (Å²) in [5.41, 5.74) is 1.72. The second-order valence-corrected chi connectivity index (χ2v) is 6.86. The highest BCUT2D eigenvalue weighted by Crippen LogP contribution is 2.26. The molecule has 1 atom stereocenters. The Morgan fingerprint density at radius 2 is 2.15 bits per heavy atom. The summed E-state index contributed by atoms with van der Waals surface area (Å²) in [5, 5.41) is 17.5. The number of amides is 2. The first-order chi connectivity index (χ1) is 13.0. The quantitative estimate of drug-likeness (QED) is 0.615. The molecule has 9 nitrogen and oxygen atoms in total. The minimum absolute atomic E-state index is 0.0832. The van der Waals surface area contributed by atoms with E-state index in [0.29, 0.717) is 23.1 Å². The Labute approximate surface area is 162 Å². The molecule has 0 bridgehead atoms. The number of nitrogens with one attached hydrogen (secondary N) is 2. The van der Waals surface area contributed by atoms with Crippen molar-refractivity contribution >= 4 is 23.6 Å². The molecule has 0 aliphatic carbocycles. The predicted molar refractivity (Wildman–Crippen MR) is 102 cm³/mol. The van der Waals surface area contributed by atoms with Crippen molar-refractivity contribution in [2.45, 2.75) is 38.4 Å². The van der Waals surface area contributed by atoms with E-state index >= 15 is 0 Å². The Kier molecular flexibility index (Phi) is 7.59. The molecule has 0 unspecified atom stereocenters. The first-order valence-electron chi connectivity index (χ1n) is 8.59. The third-order valence-corrected chi connectivity index (χ3v) is 4.58. The fourth-order valence-electron chi connectivity index (χ4n) is 2.27. The molecular formula is C17H24N6O3S. The van der Waals surface area contributed by atoms with Crippen LogP contribution in [0.25, 0.3) is 5.69 Å². The van der Waals surface area contributed by atoms with Crippen LogP contribution in [0.3, 0.4) is 0 Å². The van der Waals surface area contributed by atoms with Gasteiger partial charge in [-0.15, -0.1) is 5.10 Å². The van der Waals surface area contributed by atoms with Gasteiger partial charge in [0.2, 0.25) is 17.0 Å². The van der Waals surface area contributed by atoms with Crippen molar-refractivity contribution in [1.82, 2.24) is 30.8 Å². The molecule has 1 aromatic heterocycles. The second-order valence-electron chi connectivity index (χ2n) is 5.92. The van der Waals surface area contributed by atoms with Gasteiger partial charge in [0.05, 0.1) is 12.9 Å². The van der Waals surface area contributed by atoms with Gasteiger partial charge in [-0.1, -0.05) is 24.8 Å². The highest BCUT2D eigenvalue weighted by atomic mass is 32.2. The Bertz CT molecular complexity index is 795.